The predicted octanol–water partition coefficient (Wildman–Crippen LogP) is 4.16. The molecule has 17 nitrogen and oxygen atoms in total. The molecule has 0 saturated carbocycles. The number of thiol groups is 1. The van der Waals surface area contributed by atoms with E-state index in [-0.39, 0.29) is 73.1 Å². The fourth-order valence-corrected chi connectivity index (χ4v) is 6.57. The summed E-state index contributed by atoms with van der Waals surface area (Å²) in [6.07, 6.45) is 8.85. The first-order valence-corrected chi connectivity index (χ1v) is 20.6. The van der Waals surface area contributed by atoms with Gasteiger partial charge in [0.1, 0.15) is 6.61 Å². The van der Waals surface area contributed by atoms with Gasteiger partial charge in [0.05, 0.1) is 24.8 Å². The number of Topliss-reactive ketones (excluding diaryl/α,β-unsaturated/α-hetero) is 1. The molecule has 0 bridgehead atoms. The van der Waals surface area contributed by atoms with Crippen LogP contribution in [0.1, 0.15) is 65.0 Å². The molecule has 1 fully saturated rings. The zero-order chi connectivity index (χ0) is 45.7. The van der Waals surface area contributed by atoms with Crippen molar-refractivity contribution in [1.82, 2.24) is 25.8 Å². The summed E-state index contributed by atoms with van der Waals surface area (Å²) in [4.78, 5) is 63.9. The van der Waals surface area contributed by atoms with Crippen molar-refractivity contribution in [2.75, 3.05) is 53.0 Å². The Labute approximate surface area is 361 Å². The maximum atomic E-state index is 12.9. The third-order valence-corrected chi connectivity index (χ3v) is 9.75. The highest BCUT2D eigenvalue weighted by Crippen LogP contribution is 2.41. The number of aromatic amines is 1. The molecule has 1 aromatic carbocycles. The van der Waals surface area contributed by atoms with Crippen LogP contribution in [0.3, 0.4) is 0 Å². The minimum absolute atomic E-state index is 0. The lowest BCUT2D eigenvalue weighted by atomic mass is 9.79. The molecule has 2 amide bonds. The van der Waals surface area contributed by atoms with Crippen molar-refractivity contribution < 1.29 is 51.5 Å². The number of carboxylic acids is 1. The van der Waals surface area contributed by atoms with Crippen LogP contribution in [0.25, 0.3) is 16.5 Å². The number of benzene rings is 1. The minimum atomic E-state index is -2.84. The van der Waals surface area contributed by atoms with Crippen LogP contribution in [0.15, 0.2) is 79.8 Å². The molecule has 0 spiro atoms. The van der Waals surface area contributed by atoms with Gasteiger partial charge in [-0.25, -0.2) is 18.0 Å². The Balaban J connectivity index is 0.000000825. The minimum Gasteiger partial charge on any atom is -0.478 e. The molecule has 1 aliphatic carbocycles. The summed E-state index contributed by atoms with van der Waals surface area (Å²) in [6, 6.07) is 6.82. The van der Waals surface area contributed by atoms with Gasteiger partial charge in [-0.2, -0.15) is 0 Å². The molecular formula is C43H66N6O11S. The summed E-state index contributed by atoms with van der Waals surface area (Å²) in [7, 11) is -0.688. The van der Waals surface area contributed by atoms with Crippen LogP contribution < -0.4 is 11.9 Å². The van der Waals surface area contributed by atoms with E-state index in [0.717, 1.165) is 39.0 Å². The highest BCUT2D eigenvalue weighted by molar-refractivity contribution is 7.67. The molecule has 3 heterocycles. The van der Waals surface area contributed by atoms with Crippen molar-refractivity contribution in [2.24, 2.45) is 17.6 Å². The van der Waals surface area contributed by atoms with Crippen molar-refractivity contribution in [1.29, 1.82) is 0 Å². The van der Waals surface area contributed by atoms with Crippen LogP contribution in [-0.2, 0) is 50.3 Å². The number of hydrogen-bond donors (Lipinski definition) is 6. The number of aliphatic hydroxyl groups excluding tert-OH is 1. The molecule has 0 radical (unpaired) electrons. The molecule has 3 atom stereocenters. The number of allylic oxidation sites excluding steroid dienone is 1. The maximum Gasteiger partial charge on any atom is 0.333 e. The number of aliphatic hydroxyl groups is 1. The van der Waals surface area contributed by atoms with Gasteiger partial charge in [0.2, 0.25) is 11.8 Å². The molecule has 1 saturated heterocycles. The third kappa shape index (κ3) is 18.4. The van der Waals surface area contributed by atoms with Gasteiger partial charge in [0.15, 0.2) is 5.78 Å². The van der Waals surface area contributed by atoms with Gasteiger partial charge in [0, 0.05) is 73.3 Å². The highest BCUT2D eigenvalue weighted by atomic mass is 32.2. The summed E-state index contributed by atoms with van der Waals surface area (Å²) in [5, 5.41) is 17.4. The zero-order valence-electron chi connectivity index (χ0n) is 36.4. The van der Waals surface area contributed by atoms with Crippen LogP contribution in [0, 0.1) is 11.8 Å². The van der Waals surface area contributed by atoms with E-state index >= 15 is 0 Å². The third-order valence-electron chi connectivity index (χ3n) is 9.39. The number of aliphatic carboxylic acids is 1. The van der Waals surface area contributed by atoms with Crippen molar-refractivity contribution in [3.63, 3.8) is 0 Å². The van der Waals surface area contributed by atoms with Crippen LogP contribution in [0.2, 0.25) is 0 Å². The van der Waals surface area contributed by atoms with Crippen LogP contribution in [-0.4, -0.2) is 127 Å². The number of ketones is 1. The molecule has 2 aliphatic heterocycles. The van der Waals surface area contributed by atoms with E-state index in [2.05, 4.69) is 96.5 Å². The number of carbonyl (C=O) groups is 5. The first kappa shape index (κ1) is 55.6. The molecule has 1 unspecified atom stereocenters. The van der Waals surface area contributed by atoms with Crippen LogP contribution in [0.5, 0.6) is 0 Å². The Hall–Kier alpha value is -5.40. The number of carbonyl (C=O) groups excluding carboxylic acids is 4. The van der Waals surface area contributed by atoms with Gasteiger partial charge in [0.25, 0.3) is 11.0 Å². The number of amides is 2. The van der Waals surface area contributed by atoms with Crippen molar-refractivity contribution in [3.8, 4) is 0 Å². The molecular weight excluding hydrogens is 809 g/mol. The zero-order valence-corrected chi connectivity index (χ0v) is 37.3. The van der Waals surface area contributed by atoms with Gasteiger partial charge in [-0.15, -0.1) is 0 Å². The molecule has 8 N–H and O–H groups in total. The molecule has 1 aromatic heterocycles. The number of nitrogens with two attached hydrogens (primary N) is 1. The number of likely N-dealkylation sites (N-methyl/N-ethyl adjacent to an activating group) is 1. The molecule has 2 aromatic rings. The van der Waals surface area contributed by atoms with Gasteiger partial charge >= 0.3 is 11.9 Å². The molecule has 340 valence electrons. The lowest BCUT2D eigenvalue weighted by Gasteiger charge is -2.40. The SMILES string of the molecule is C=C(C)C(=O)O.C=C(C)C(=O)OCCO.C=C(N)C(=O)CC(C)CO[SH](=O)=O.C=CN1CCCC1=O.CCN(CC)C(=O)[C@@H]1C=C2c3cccc4[nH]cc(c34)C[C@H]2N(C)C1.N. The predicted molar refractivity (Wildman–Crippen MR) is 238 cm³/mol. The first-order chi connectivity index (χ1) is 28.2. The second kappa shape index (κ2) is 28.2. The van der Waals surface area contributed by atoms with Gasteiger partial charge < -0.3 is 41.6 Å². The van der Waals surface area contributed by atoms with Crippen LogP contribution >= 0.6 is 0 Å². The Morgan fingerprint density at radius 2 is 1.74 bits per heavy atom. The number of esters is 1. The topological polar surface area (TPSA) is 265 Å². The van der Waals surface area contributed by atoms with Gasteiger partial charge in [-0.3, -0.25) is 23.5 Å². The molecule has 3 aliphatic rings. The largest absolute Gasteiger partial charge is 0.478 e. The first-order valence-electron chi connectivity index (χ1n) is 19.5. The van der Waals surface area contributed by atoms with Crippen molar-refractivity contribution in [2.45, 2.75) is 66.3 Å². The summed E-state index contributed by atoms with van der Waals surface area (Å²) in [6.45, 7) is 25.2. The number of nitrogens with one attached hydrogen (secondary N) is 1. The van der Waals surface area contributed by atoms with E-state index in [0.29, 0.717) is 18.0 Å². The lowest BCUT2D eigenvalue weighted by Crippen LogP contribution is -2.47. The quantitative estimate of drug-likeness (QED) is 0.0885. The number of H-pyrrole nitrogens is 1. The molecule has 61 heavy (non-hydrogen) atoms. The number of aromatic nitrogens is 1. The average Bonchev–Trinajstić information content (AvgIpc) is 3.83. The Morgan fingerprint density at radius 3 is 2.20 bits per heavy atom. The smallest absolute Gasteiger partial charge is 0.333 e. The number of rotatable bonds is 14. The van der Waals surface area contributed by atoms with E-state index in [4.69, 9.17) is 15.9 Å². The van der Waals surface area contributed by atoms with E-state index < -0.39 is 22.9 Å². The summed E-state index contributed by atoms with van der Waals surface area (Å²) >= 11 is 0. The molecule has 5 rings (SSSR count). The van der Waals surface area contributed by atoms with E-state index in [1.165, 1.54) is 34.5 Å². The number of carboxylic acid groups (broad SMARTS) is 1. The number of ether oxygens (including phenoxy) is 1. The van der Waals surface area contributed by atoms with Gasteiger partial charge in [-0.05, 0) is 82.5 Å². The van der Waals surface area contributed by atoms with Gasteiger partial charge in [-0.1, -0.05) is 51.4 Å². The number of nitrogens with zero attached hydrogens (tertiary/aromatic N) is 3. The Kier molecular flexibility index (Phi) is 25.7. The lowest BCUT2D eigenvalue weighted by molar-refractivity contribution is -0.140. The monoisotopic (exact) mass is 874 g/mol. The average molecular weight is 875 g/mol. The highest BCUT2D eigenvalue weighted by Gasteiger charge is 2.36. The van der Waals surface area contributed by atoms with Crippen LogP contribution in [0.4, 0.5) is 0 Å². The van der Waals surface area contributed by atoms with E-state index in [1.807, 2.05) is 4.90 Å². The Bertz CT molecular complexity index is 1950. The fraction of sp³-hybridized carbons (Fsp3) is 0.465. The Morgan fingerprint density at radius 1 is 1.11 bits per heavy atom. The fourth-order valence-electron chi connectivity index (χ4n) is 6.19. The second-order valence-corrected chi connectivity index (χ2v) is 15.0. The van der Waals surface area contributed by atoms with E-state index in [1.54, 1.807) is 24.9 Å². The second-order valence-electron chi connectivity index (χ2n) is 14.3. The summed E-state index contributed by atoms with van der Waals surface area (Å²) in [5.41, 5.74) is 10.9. The van der Waals surface area contributed by atoms with Crippen molar-refractivity contribution >= 4 is 57.0 Å². The summed E-state index contributed by atoms with van der Waals surface area (Å²) < 4.78 is 28.8. The standard InChI is InChI=1S/C20H25N3O.C7H13NO4S.C6H9NO.C6H10O3.C4H6O2.H3N/c1-4-23(5-2)20(24)14-9-16-15-7-6-8-17-19(15)13(11-21-17)10-18(16)22(3)12-14;1-5(4-12-13(10)11)3-7(9)6(2)8;1-2-7-5-3-4-6(7)8;1-5(2)6(8)9-4-3-7;1-3(2)4(5)6;/h6-9,11,14,18,21H,4-5,10,12H2,1-3H3;5,13H,2-4,8H2,1H3;2H,1,3-5H2;7H,1,3-4H2,2H3;1H2,2H3,(H,5,6);1H3/t14-,18-;;;;;/m1...../s1. The summed E-state index contributed by atoms with van der Waals surface area (Å²) in [5.74, 6) is -1.43. The van der Waals surface area contributed by atoms with E-state index in [9.17, 15) is 32.4 Å². The number of likely N-dealkylation sites (tertiary alicyclic amines) is 1. The molecule has 18 heteroatoms. The number of hydrogen-bond acceptors (Lipinski definition) is 13. The number of fused-ring (bicyclic) bond motifs is 2. The normalized spacial score (nSPS) is 16.4. The maximum absolute atomic E-state index is 12.9. The van der Waals surface area contributed by atoms with Crippen molar-refractivity contribution in [3.05, 3.63) is 91.0 Å².